The van der Waals surface area contributed by atoms with Gasteiger partial charge in [0, 0.05) is 24.9 Å². The van der Waals surface area contributed by atoms with E-state index < -0.39 is 0 Å². The van der Waals surface area contributed by atoms with Crippen LogP contribution < -0.4 is 0 Å². The predicted octanol–water partition coefficient (Wildman–Crippen LogP) is 1.86. The highest BCUT2D eigenvalue weighted by Crippen LogP contribution is 2.24. The average molecular weight is 250 g/mol. The Kier molecular flexibility index (Phi) is 3.76. The zero-order valence-electron chi connectivity index (χ0n) is 11.4. The molecule has 0 aromatic carbocycles. The summed E-state index contributed by atoms with van der Waals surface area (Å²) in [5.74, 6) is 0.431. The van der Waals surface area contributed by atoms with E-state index in [0.717, 1.165) is 30.6 Å². The number of H-pyrrole nitrogens is 1. The van der Waals surface area contributed by atoms with Crippen molar-refractivity contribution in [2.24, 2.45) is 5.92 Å². The third-order valence-electron chi connectivity index (χ3n) is 3.87. The van der Waals surface area contributed by atoms with Gasteiger partial charge in [-0.15, -0.1) is 0 Å². The second kappa shape index (κ2) is 5.14. The second-order valence-corrected chi connectivity index (χ2v) is 5.43. The number of aryl methyl sites for hydroxylation is 2. The van der Waals surface area contributed by atoms with Crippen LogP contribution in [-0.4, -0.2) is 40.1 Å². The van der Waals surface area contributed by atoms with Gasteiger partial charge in [0.2, 0.25) is 0 Å². The molecule has 1 saturated heterocycles. The lowest BCUT2D eigenvalue weighted by molar-refractivity contribution is 0.0509. The normalized spacial score (nSPS) is 24.3. The summed E-state index contributed by atoms with van der Waals surface area (Å²) in [4.78, 5) is 17.5. The van der Waals surface area contributed by atoms with Crippen LogP contribution in [0.3, 0.4) is 0 Å². The van der Waals surface area contributed by atoms with E-state index in [1.165, 1.54) is 0 Å². The Morgan fingerprint density at radius 1 is 1.56 bits per heavy atom. The molecule has 0 saturated carbocycles. The first-order valence-electron chi connectivity index (χ1n) is 6.61. The first-order chi connectivity index (χ1) is 8.52. The molecule has 2 atom stereocenters. The van der Waals surface area contributed by atoms with Gasteiger partial charge in [-0.3, -0.25) is 4.79 Å². The molecular weight excluding hydrogens is 228 g/mol. The number of aromatic nitrogens is 1. The van der Waals surface area contributed by atoms with E-state index in [2.05, 4.69) is 11.9 Å². The molecule has 2 heterocycles. The maximum atomic E-state index is 12.5. The van der Waals surface area contributed by atoms with Crippen LogP contribution in [-0.2, 0) is 0 Å². The van der Waals surface area contributed by atoms with Crippen LogP contribution in [0.4, 0.5) is 0 Å². The van der Waals surface area contributed by atoms with Gasteiger partial charge >= 0.3 is 0 Å². The molecule has 2 rings (SSSR count). The summed E-state index contributed by atoms with van der Waals surface area (Å²) in [6.07, 6.45) is 1.78. The number of aliphatic hydroxyl groups excluding tert-OH is 1. The van der Waals surface area contributed by atoms with Crippen LogP contribution in [0.5, 0.6) is 0 Å². The van der Waals surface area contributed by atoms with Gasteiger partial charge in [-0.1, -0.05) is 0 Å². The lowest BCUT2D eigenvalue weighted by Gasteiger charge is -2.37. The number of nitrogens with zero attached hydrogens (tertiary/aromatic N) is 1. The molecule has 1 aromatic rings. The van der Waals surface area contributed by atoms with Gasteiger partial charge in [0.25, 0.3) is 5.91 Å². The number of carbonyl (C=O) groups is 1. The summed E-state index contributed by atoms with van der Waals surface area (Å²) < 4.78 is 0. The highest BCUT2D eigenvalue weighted by molar-refractivity contribution is 5.94. The molecule has 0 bridgehead atoms. The highest BCUT2D eigenvalue weighted by atomic mass is 16.3. The van der Waals surface area contributed by atoms with E-state index in [1.807, 2.05) is 24.8 Å². The highest BCUT2D eigenvalue weighted by Gasteiger charge is 2.30. The molecule has 4 heteroatoms. The number of aliphatic hydroxyl groups is 1. The summed E-state index contributed by atoms with van der Waals surface area (Å²) in [6, 6.07) is 2.20. The summed E-state index contributed by atoms with van der Waals surface area (Å²) in [5.41, 5.74) is 2.74. The van der Waals surface area contributed by atoms with Crippen LogP contribution in [0.25, 0.3) is 0 Å². The topological polar surface area (TPSA) is 56.3 Å². The summed E-state index contributed by atoms with van der Waals surface area (Å²) in [5, 5.41) is 9.19. The number of rotatable bonds is 2. The SMILES string of the molecule is Cc1cc(C)c(C(=O)N2CC[C@H](CO)C[C@@H]2C)[nH]1. The Labute approximate surface area is 108 Å². The first kappa shape index (κ1) is 13.1. The molecule has 1 aromatic heterocycles. The molecule has 1 aliphatic rings. The number of aromatic amines is 1. The number of hydrogen-bond acceptors (Lipinski definition) is 2. The molecule has 0 spiro atoms. The molecule has 1 amide bonds. The van der Waals surface area contributed by atoms with Crippen molar-refractivity contribution in [3.05, 3.63) is 23.0 Å². The molecule has 0 unspecified atom stereocenters. The lowest BCUT2D eigenvalue weighted by Crippen LogP contribution is -2.45. The zero-order valence-corrected chi connectivity index (χ0v) is 11.4. The van der Waals surface area contributed by atoms with Crippen molar-refractivity contribution in [3.8, 4) is 0 Å². The van der Waals surface area contributed by atoms with Crippen molar-refractivity contribution < 1.29 is 9.90 Å². The molecule has 0 radical (unpaired) electrons. The monoisotopic (exact) mass is 250 g/mol. The van der Waals surface area contributed by atoms with Gasteiger partial charge in [0.15, 0.2) is 0 Å². The van der Waals surface area contributed by atoms with E-state index >= 15 is 0 Å². The maximum absolute atomic E-state index is 12.5. The number of likely N-dealkylation sites (tertiary alicyclic amines) is 1. The van der Waals surface area contributed by atoms with Crippen molar-refractivity contribution >= 4 is 5.91 Å². The van der Waals surface area contributed by atoms with Gasteiger partial charge in [0.1, 0.15) is 5.69 Å². The molecule has 2 N–H and O–H groups in total. The fourth-order valence-electron chi connectivity index (χ4n) is 2.83. The number of nitrogens with one attached hydrogen (secondary N) is 1. The Morgan fingerprint density at radius 3 is 2.78 bits per heavy atom. The fraction of sp³-hybridized carbons (Fsp3) is 0.643. The van der Waals surface area contributed by atoms with E-state index in [9.17, 15) is 9.90 Å². The Balaban J connectivity index is 2.12. The minimum atomic E-state index is 0.0875. The summed E-state index contributed by atoms with van der Waals surface area (Å²) in [6.45, 7) is 6.95. The van der Waals surface area contributed by atoms with Gasteiger partial charge in [0.05, 0.1) is 0 Å². The summed E-state index contributed by atoms with van der Waals surface area (Å²) >= 11 is 0. The first-order valence-corrected chi connectivity index (χ1v) is 6.61. The van der Waals surface area contributed by atoms with Crippen molar-refractivity contribution in [1.82, 2.24) is 9.88 Å². The molecule has 1 aliphatic heterocycles. The zero-order chi connectivity index (χ0) is 13.3. The second-order valence-electron chi connectivity index (χ2n) is 5.43. The van der Waals surface area contributed by atoms with E-state index in [1.54, 1.807) is 0 Å². The van der Waals surface area contributed by atoms with Crippen molar-refractivity contribution in [2.45, 2.75) is 39.7 Å². The number of carbonyl (C=O) groups excluding carboxylic acids is 1. The maximum Gasteiger partial charge on any atom is 0.270 e. The lowest BCUT2D eigenvalue weighted by atomic mass is 9.92. The molecular formula is C14H22N2O2. The third kappa shape index (κ3) is 2.43. The van der Waals surface area contributed by atoms with Gasteiger partial charge in [-0.05, 0) is 51.2 Å². The minimum absolute atomic E-state index is 0.0875. The van der Waals surface area contributed by atoms with E-state index in [4.69, 9.17) is 0 Å². The van der Waals surface area contributed by atoms with Crippen LogP contribution in [0.15, 0.2) is 6.07 Å². The van der Waals surface area contributed by atoms with Crippen molar-refractivity contribution in [2.75, 3.05) is 13.2 Å². The Morgan fingerprint density at radius 2 is 2.28 bits per heavy atom. The smallest absolute Gasteiger partial charge is 0.270 e. The van der Waals surface area contributed by atoms with E-state index in [-0.39, 0.29) is 18.6 Å². The molecule has 4 nitrogen and oxygen atoms in total. The largest absolute Gasteiger partial charge is 0.396 e. The Hall–Kier alpha value is -1.29. The van der Waals surface area contributed by atoms with Crippen LogP contribution in [0.2, 0.25) is 0 Å². The fourth-order valence-corrected chi connectivity index (χ4v) is 2.83. The van der Waals surface area contributed by atoms with Gasteiger partial charge in [-0.25, -0.2) is 0 Å². The summed E-state index contributed by atoms with van der Waals surface area (Å²) in [7, 11) is 0. The average Bonchev–Trinajstić information content (AvgIpc) is 2.67. The Bertz CT molecular complexity index is 439. The number of hydrogen-bond donors (Lipinski definition) is 2. The number of amides is 1. The van der Waals surface area contributed by atoms with Crippen molar-refractivity contribution in [3.63, 3.8) is 0 Å². The molecule has 0 aliphatic carbocycles. The van der Waals surface area contributed by atoms with Crippen LogP contribution in [0.1, 0.15) is 41.5 Å². The van der Waals surface area contributed by atoms with Crippen LogP contribution >= 0.6 is 0 Å². The van der Waals surface area contributed by atoms with Crippen LogP contribution in [0, 0.1) is 19.8 Å². The quantitative estimate of drug-likeness (QED) is 0.842. The molecule has 1 fully saturated rings. The third-order valence-corrected chi connectivity index (χ3v) is 3.87. The predicted molar refractivity (Wildman–Crippen MR) is 70.6 cm³/mol. The number of piperidine rings is 1. The van der Waals surface area contributed by atoms with Crippen molar-refractivity contribution in [1.29, 1.82) is 0 Å². The molecule has 100 valence electrons. The molecule has 18 heavy (non-hydrogen) atoms. The standard InChI is InChI=1S/C14H22N2O2/c1-9-6-10(2)15-13(9)14(18)16-5-4-12(8-17)7-11(16)3/h6,11-12,15,17H,4-5,7-8H2,1-3H3/t11-,12-/m0/s1. The van der Waals surface area contributed by atoms with Gasteiger partial charge < -0.3 is 15.0 Å². The minimum Gasteiger partial charge on any atom is -0.396 e. The van der Waals surface area contributed by atoms with E-state index in [0.29, 0.717) is 11.6 Å². The van der Waals surface area contributed by atoms with Gasteiger partial charge in [-0.2, -0.15) is 0 Å².